The van der Waals surface area contributed by atoms with Crippen molar-refractivity contribution in [2.45, 2.75) is 40.2 Å². The van der Waals surface area contributed by atoms with Gasteiger partial charge in [-0.25, -0.2) is 0 Å². The molecule has 0 spiro atoms. The van der Waals surface area contributed by atoms with Gasteiger partial charge in [0, 0.05) is 6.54 Å². The lowest BCUT2D eigenvalue weighted by atomic mass is 10.1. The quantitative estimate of drug-likeness (QED) is 0.797. The molecule has 1 N–H and O–H groups in total. The van der Waals surface area contributed by atoms with Crippen LogP contribution in [0.3, 0.4) is 0 Å². The Morgan fingerprint density at radius 1 is 1.12 bits per heavy atom. The van der Waals surface area contributed by atoms with Crippen LogP contribution < -0.4 is 10.1 Å². The molecule has 90 valence electrons. The first-order chi connectivity index (χ1) is 7.65. The molecule has 1 aromatic carbocycles. The van der Waals surface area contributed by atoms with Crippen molar-refractivity contribution in [2.24, 2.45) is 0 Å². The van der Waals surface area contributed by atoms with E-state index in [1.807, 2.05) is 0 Å². The van der Waals surface area contributed by atoms with Crippen molar-refractivity contribution in [3.63, 3.8) is 0 Å². The van der Waals surface area contributed by atoms with Crippen LogP contribution in [0.15, 0.2) is 18.2 Å². The Hall–Kier alpha value is -1.02. The van der Waals surface area contributed by atoms with E-state index in [1.165, 1.54) is 11.1 Å². The number of nitrogens with one attached hydrogen (secondary N) is 1. The maximum atomic E-state index is 5.96. The van der Waals surface area contributed by atoms with E-state index >= 15 is 0 Å². The van der Waals surface area contributed by atoms with Gasteiger partial charge in [0.25, 0.3) is 0 Å². The van der Waals surface area contributed by atoms with Gasteiger partial charge in [0.1, 0.15) is 11.9 Å². The van der Waals surface area contributed by atoms with Crippen molar-refractivity contribution in [2.75, 3.05) is 13.1 Å². The molecule has 1 rings (SSSR count). The number of ether oxygens (including phenoxy) is 1. The Labute approximate surface area is 99.0 Å². The predicted octanol–water partition coefficient (Wildman–Crippen LogP) is 3.07. The SMILES string of the molecule is CCNCC(CC)Oc1cc(C)cc(C)c1. The number of rotatable bonds is 6. The average molecular weight is 221 g/mol. The van der Waals surface area contributed by atoms with Crippen LogP contribution in [0.1, 0.15) is 31.4 Å². The van der Waals surface area contributed by atoms with Crippen LogP contribution in [0.25, 0.3) is 0 Å². The molecule has 0 radical (unpaired) electrons. The molecule has 1 aromatic rings. The Bertz CT molecular complexity index is 302. The van der Waals surface area contributed by atoms with E-state index in [0.717, 1.165) is 25.3 Å². The van der Waals surface area contributed by atoms with Crippen LogP contribution in [0.2, 0.25) is 0 Å². The maximum absolute atomic E-state index is 5.96. The highest BCUT2D eigenvalue weighted by molar-refractivity contribution is 5.33. The van der Waals surface area contributed by atoms with Gasteiger partial charge in [-0.1, -0.05) is 19.9 Å². The van der Waals surface area contributed by atoms with E-state index in [1.54, 1.807) is 0 Å². The Morgan fingerprint density at radius 2 is 1.75 bits per heavy atom. The van der Waals surface area contributed by atoms with Gasteiger partial charge in [-0.05, 0) is 50.1 Å². The minimum absolute atomic E-state index is 0.265. The first-order valence-electron chi connectivity index (χ1n) is 6.11. The van der Waals surface area contributed by atoms with Crippen LogP contribution >= 0.6 is 0 Å². The van der Waals surface area contributed by atoms with Crippen LogP contribution in [0, 0.1) is 13.8 Å². The second-order valence-electron chi connectivity index (χ2n) is 4.28. The van der Waals surface area contributed by atoms with Gasteiger partial charge in [-0.2, -0.15) is 0 Å². The number of aryl methyl sites for hydroxylation is 2. The molecule has 1 unspecified atom stereocenters. The molecular formula is C14H23NO. The summed E-state index contributed by atoms with van der Waals surface area (Å²) in [6.45, 7) is 10.4. The topological polar surface area (TPSA) is 21.3 Å². The second kappa shape index (κ2) is 6.54. The normalized spacial score (nSPS) is 12.5. The number of hydrogen-bond acceptors (Lipinski definition) is 2. The zero-order valence-electron chi connectivity index (χ0n) is 10.8. The van der Waals surface area contributed by atoms with Gasteiger partial charge in [-0.15, -0.1) is 0 Å². The summed E-state index contributed by atoms with van der Waals surface area (Å²) < 4.78 is 5.96. The molecule has 16 heavy (non-hydrogen) atoms. The van der Waals surface area contributed by atoms with Crippen molar-refractivity contribution in [1.29, 1.82) is 0 Å². The second-order valence-corrected chi connectivity index (χ2v) is 4.28. The predicted molar refractivity (Wildman–Crippen MR) is 69.2 cm³/mol. The molecule has 2 nitrogen and oxygen atoms in total. The first kappa shape index (κ1) is 13.0. The van der Waals surface area contributed by atoms with Gasteiger partial charge in [0.05, 0.1) is 0 Å². The van der Waals surface area contributed by atoms with Gasteiger partial charge < -0.3 is 10.1 Å². The highest BCUT2D eigenvalue weighted by Crippen LogP contribution is 2.18. The lowest BCUT2D eigenvalue weighted by Gasteiger charge is -2.18. The van der Waals surface area contributed by atoms with Gasteiger partial charge >= 0.3 is 0 Å². The largest absolute Gasteiger partial charge is 0.489 e. The summed E-state index contributed by atoms with van der Waals surface area (Å²) in [5.41, 5.74) is 2.52. The van der Waals surface area contributed by atoms with Gasteiger partial charge in [0.2, 0.25) is 0 Å². The van der Waals surface area contributed by atoms with Crippen molar-refractivity contribution < 1.29 is 4.74 Å². The fourth-order valence-corrected chi connectivity index (χ4v) is 1.77. The summed E-state index contributed by atoms with van der Waals surface area (Å²) in [4.78, 5) is 0. The Kier molecular flexibility index (Phi) is 5.33. The van der Waals surface area contributed by atoms with Crippen molar-refractivity contribution >= 4 is 0 Å². The van der Waals surface area contributed by atoms with Crippen molar-refractivity contribution in [3.8, 4) is 5.75 Å². The molecule has 0 heterocycles. The molecule has 0 amide bonds. The zero-order chi connectivity index (χ0) is 12.0. The number of hydrogen-bond donors (Lipinski definition) is 1. The summed E-state index contributed by atoms with van der Waals surface area (Å²) in [6, 6.07) is 6.36. The smallest absolute Gasteiger partial charge is 0.120 e. The molecule has 0 aliphatic heterocycles. The lowest BCUT2D eigenvalue weighted by molar-refractivity contribution is 0.194. The molecule has 0 bridgehead atoms. The molecule has 1 atom stereocenters. The molecule has 2 heteroatoms. The molecule has 0 saturated heterocycles. The van der Waals surface area contributed by atoms with E-state index in [0.29, 0.717) is 0 Å². The monoisotopic (exact) mass is 221 g/mol. The van der Waals surface area contributed by atoms with Crippen LogP contribution in [-0.2, 0) is 0 Å². The van der Waals surface area contributed by atoms with E-state index in [9.17, 15) is 0 Å². The summed E-state index contributed by atoms with van der Waals surface area (Å²) in [5.74, 6) is 0.988. The van der Waals surface area contributed by atoms with Crippen molar-refractivity contribution in [1.82, 2.24) is 5.32 Å². The van der Waals surface area contributed by atoms with E-state index in [-0.39, 0.29) is 6.10 Å². The van der Waals surface area contributed by atoms with Crippen LogP contribution in [0.4, 0.5) is 0 Å². The average Bonchev–Trinajstić information content (AvgIpc) is 2.22. The maximum Gasteiger partial charge on any atom is 0.120 e. The number of likely N-dealkylation sites (N-methyl/N-ethyl adjacent to an activating group) is 1. The fourth-order valence-electron chi connectivity index (χ4n) is 1.77. The summed E-state index contributed by atoms with van der Waals surface area (Å²) >= 11 is 0. The summed E-state index contributed by atoms with van der Waals surface area (Å²) in [6.07, 6.45) is 1.29. The molecule has 0 aliphatic carbocycles. The highest BCUT2D eigenvalue weighted by Gasteiger charge is 2.07. The molecule has 0 fully saturated rings. The van der Waals surface area contributed by atoms with Crippen molar-refractivity contribution in [3.05, 3.63) is 29.3 Å². The third kappa shape index (κ3) is 4.23. The van der Waals surface area contributed by atoms with Gasteiger partial charge in [0.15, 0.2) is 0 Å². The Balaban J connectivity index is 2.62. The first-order valence-corrected chi connectivity index (χ1v) is 6.11. The van der Waals surface area contributed by atoms with Crippen LogP contribution in [0.5, 0.6) is 5.75 Å². The lowest BCUT2D eigenvalue weighted by Crippen LogP contribution is -2.30. The third-order valence-corrected chi connectivity index (χ3v) is 2.58. The van der Waals surface area contributed by atoms with E-state index < -0.39 is 0 Å². The minimum atomic E-state index is 0.265. The Morgan fingerprint density at radius 3 is 2.25 bits per heavy atom. The zero-order valence-corrected chi connectivity index (χ0v) is 10.8. The summed E-state index contributed by atoms with van der Waals surface area (Å²) in [7, 11) is 0. The van der Waals surface area contributed by atoms with Crippen LogP contribution in [-0.4, -0.2) is 19.2 Å². The molecule has 0 aromatic heterocycles. The highest BCUT2D eigenvalue weighted by atomic mass is 16.5. The molecule has 0 aliphatic rings. The fraction of sp³-hybridized carbons (Fsp3) is 0.571. The van der Waals surface area contributed by atoms with E-state index in [4.69, 9.17) is 4.74 Å². The summed E-state index contributed by atoms with van der Waals surface area (Å²) in [5, 5.41) is 3.32. The van der Waals surface area contributed by atoms with E-state index in [2.05, 4.69) is 51.2 Å². The standard InChI is InChI=1S/C14H23NO/c1-5-13(10-15-6-2)16-14-8-11(3)7-12(4)9-14/h7-9,13,15H,5-6,10H2,1-4H3. The minimum Gasteiger partial charge on any atom is -0.489 e. The third-order valence-electron chi connectivity index (χ3n) is 2.58. The molecular weight excluding hydrogens is 198 g/mol. The number of benzene rings is 1. The van der Waals surface area contributed by atoms with Gasteiger partial charge in [-0.3, -0.25) is 0 Å². The molecule has 0 saturated carbocycles.